The number of hydrogen-bond acceptors (Lipinski definition) is 6. The molecule has 0 aliphatic carbocycles. The van der Waals surface area contributed by atoms with Crippen LogP contribution >= 0.6 is 0 Å². The molecule has 3 aliphatic rings. The molecule has 186 valence electrons. The third-order valence-electron chi connectivity index (χ3n) is 8.24. The zero-order chi connectivity index (χ0) is 24.2. The van der Waals surface area contributed by atoms with Crippen LogP contribution in [0.3, 0.4) is 0 Å². The van der Waals surface area contributed by atoms with Crippen molar-refractivity contribution in [3.8, 4) is 17.1 Å². The number of nitrogens with one attached hydrogen (secondary N) is 2. The maximum absolute atomic E-state index is 16.3. The van der Waals surface area contributed by atoms with E-state index < -0.39 is 0 Å². The van der Waals surface area contributed by atoms with E-state index in [1.54, 1.807) is 0 Å². The predicted octanol–water partition coefficient (Wildman–Crippen LogP) is 4.33. The summed E-state index contributed by atoms with van der Waals surface area (Å²) >= 11 is 0. The molecule has 0 spiro atoms. The van der Waals surface area contributed by atoms with Gasteiger partial charge in [0.25, 0.3) is 0 Å². The van der Waals surface area contributed by atoms with Crippen molar-refractivity contribution >= 4 is 27.6 Å². The van der Waals surface area contributed by atoms with Crippen LogP contribution in [0.5, 0.6) is 6.01 Å². The highest BCUT2D eigenvalue weighted by molar-refractivity contribution is 5.99. The summed E-state index contributed by atoms with van der Waals surface area (Å²) in [4.78, 5) is 17.4. The largest absolute Gasteiger partial charge is 0.462 e. The van der Waals surface area contributed by atoms with Crippen molar-refractivity contribution < 1.29 is 9.13 Å². The molecule has 2 unspecified atom stereocenters. The lowest BCUT2D eigenvalue weighted by molar-refractivity contribution is 0.188. The molecule has 3 aliphatic heterocycles. The van der Waals surface area contributed by atoms with Gasteiger partial charge in [0.2, 0.25) is 0 Å². The Bertz CT molecular complexity index is 1420. The first kappa shape index (κ1) is 22.0. The van der Waals surface area contributed by atoms with Gasteiger partial charge in [0.05, 0.1) is 0 Å². The minimum Gasteiger partial charge on any atom is -0.462 e. The molecule has 2 bridgehead atoms. The minimum atomic E-state index is -0.332. The van der Waals surface area contributed by atoms with Gasteiger partial charge in [0.15, 0.2) is 5.82 Å². The molecule has 4 aromatic rings. The van der Waals surface area contributed by atoms with Gasteiger partial charge < -0.3 is 24.8 Å². The zero-order valence-electron chi connectivity index (χ0n) is 20.5. The maximum atomic E-state index is 16.3. The fraction of sp³-hybridized carbons (Fsp3) is 0.429. The van der Waals surface area contributed by atoms with Crippen molar-refractivity contribution in [2.75, 3.05) is 38.2 Å². The number of benzene rings is 2. The summed E-state index contributed by atoms with van der Waals surface area (Å²) in [6.45, 7) is 3.31. The highest BCUT2D eigenvalue weighted by Gasteiger charge is 2.34. The van der Waals surface area contributed by atoms with Crippen molar-refractivity contribution in [3.05, 3.63) is 48.4 Å². The molecule has 2 N–H and O–H groups in total. The monoisotopic (exact) mass is 486 g/mol. The summed E-state index contributed by atoms with van der Waals surface area (Å²) in [5.41, 5.74) is 2.67. The summed E-state index contributed by atoms with van der Waals surface area (Å²) in [7, 11) is 2.12. The number of rotatable bonds is 5. The first-order valence-electron chi connectivity index (χ1n) is 13.0. The number of likely N-dealkylation sites (N-methyl/N-ethyl adjacent to an activating group) is 1. The van der Waals surface area contributed by atoms with Gasteiger partial charge in [0, 0.05) is 64.8 Å². The standard InChI is InChI=1S/C28H31FN6O/c1-34-12-4-5-19(34)16-36-28-32-26-22(27(33-28)35-14-17-8-9-18(15-35)31-17)11-10-21(25(26)29)23-13-30-24-7-3-2-6-20(23)24/h2-3,6-7,10-11,13,17-19,30-31H,4-5,8-9,12,14-16H2,1H3/t17?,18?,19-/m0/s1. The highest BCUT2D eigenvalue weighted by atomic mass is 19.1. The number of likely N-dealkylation sites (tertiary alicyclic amines) is 1. The van der Waals surface area contributed by atoms with Gasteiger partial charge in [-0.05, 0) is 51.4 Å². The van der Waals surface area contributed by atoms with E-state index in [0.29, 0.717) is 35.8 Å². The van der Waals surface area contributed by atoms with Gasteiger partial charge in [-0.1, -0.05) is 24.3 Å². The number of nitrogens with zero attached hydrogens (tertiary/aromatic N) is 4. The van der Waals surface area contributed by atoms with E-state index in [2.05, 4.69) is 32.1 Å². The lowest BCUT2D eigenvalue weighted by Gasteiger charge is -2.34. The quantitative estimate of drug-likeness (QED) is 0.438. The number of fused-ring (bicyclic) bond motifs is 4. The molecule has 3 fully saturated rings. The van der Waals surface area contributed by atoms with E-state index in [9.17, 15) is 0 Å². The number of ether oxygens (including phenoxy) is 1. The lowest BCUT2D eigenvalue weighted by Crippen LogP contribution is -2.51. The number of H-pyrrole nitrogens is 1. The van der Waals surface area contributed by atoms with Gasteiger partial charge in [0.1, 0.15) is 17.9 Å². The zero-order valence-corrected chi connectivity index (χ0v) is 20.5. The summed E-state index contributed by atoms with van der Waals surface area (Å²) in [6.07, 6.45) is 6.47. The van der Waals surface area contributed by atoms with Crippen molar-refractivity contribution in [3.63, 3.8) is 0 Å². The van der Waals surface area contributed by atoms with Crippen molar-refractivity contribution in [2.45, 2.75) is 43.8 Å². The second-order valence-corrected chi connectivity index (χ2v) is 10.5. The molecule has 3 saturated heterocycles. The average molecular weight is 487 g/mol. The number of para-hydroxylation sites is 1. The molecule has 36 heavy (non-hydrogen) atoms. The molecule has 7 rings (SSSR count). The molecule has 0 amide bonds. The molecular formula is C28H31FN6O. The van der Waals surface area contributed by atoms with E-state index >= 15 is 4.39 Å². The van der Waals surface area contributed by atoms with Crippen LogP contribution in [0.25, 0.3) is 32.9 Å². The molecular weight excluding hydrogens is 455 g/mol. The number of aromatic nitrogens is 3. The van der Waals surface area contributed by atoms with Gasteiger partial charge in [-0.2, -0.15) is 9.97 Å². The Balaban J connectivity index is 1.33. The van der Waals surface area contributed by atoms with E-state index in [1.807, 2.05) is 42.6 Å². The van der Waals surface area contributed by atoms with E-state index in [0.717, 1.165) is 53.7 Å². The van der Waals surface area contributed by atoms with Crippen LogP contribution in [0.2, 0.25) is 0 Å². The molecule has 8 heteroatoms. The van der Waals surface area contributed by atoms with Crippen LogP contribution in [-0.2, 0) is 0 Å². The molecule has 2 aromatic heterocycles. The Labute approximate surface area is 209 Å². The van der Waals surface area contributed by atoms with E-state index in [4.69, 9.17) is 9.72 Å². The smallest absolute Gasteiger partial charge is 0.319 e. The predicted molar refractivity (Wildman–Crippen MR) is 140 cm³/mol. The number of halogens is 1. The first-order valence-corrected chi connectivity index (χ1v) is 13.0. The van der Waals surface area contributed by atoms with E-state index in [1.165, 1.54) is 19.3 Å². The first-order chi connectivity index (χ1) is 17.6. The molecule has 0 radical (unpaired) electrons. The van der Waals surface area contributed by atoms with Gasteiger partial charge in [-0.25, -0.2) is 4.39 Å². The molecule has 3 atom stereocenters. The van der Waals surface area contributed by atoms with Crippen LogP contribution in [0, 0.1) is 5.82 Å². The Morgan fingerprint density at radius 1 is 1.00 bits per heavy atom. The van der Waals surface area contributed by atoms with E-state index in [-0.39, 0.29) is 11.8 Å². The summed E-state index contributed by atoms with van der Waals surface area (Å²) in [5, 5.41) is 5.41. The molecule has 7 nitrogen and oxygen atoms in total. The van der Waals surface area contributed by atoms with Crippen molar-refractivity contribution in [1.82, 2.24) is 25.2 Å². The maximum Gasteiger partial charge on any atom is 0.319 e. The summed E-state index contributed by atoms with van der Waals surface area (Å²) in [5.74, 6) is 0.444. The average Bonchev–Trinajstić information content (AvgIpc) is 3.61. The number of aromatic amines is 1. The number of hydrogen-bond donors (Lipinski definition) is 2. The van der Waals surface area contributed by atoms with Gasteiger partial charge >= 0.3 is 6.01 Å². The Kier molecular flexibility index (Phi) is 5.32. The summed E-state index contributed by atoms with van der Waals surface area (Å²) < 4.78 is 22.4. The lowest BCUT2D eigenvalue weighted by atomic mass is 10.0. The van der Waals surface area contributed by atoms with Crippen LogP contribution in [0.1, 0.15) is 25.7 Å². The Hall–Kier alpha value is -3.23. The molecule has 0 saturated carbocycles. The topological polar surface area (TPSA) is 69.3 Å². The normalized spacial score (nSPS) is 24.3. The van der Waals surface area contributed by atoms with Crippen LogP contribution in [-0.4, -0.2) is 71.3 Å². The third kappa shape index (κ3) is 3.71. The fourth-order valence-electron chi connectivity index (χ4n) is 6.26. The van der Waals surface area contributed by atoms with Crippen LogP contribution < -0.4 is 15.0 Å². The Morgan fingerprint density at radius 2 is 1.83 bits per heavy atom. The van der Waals surface area contributed by atoms with Crippen molar-refractivity contribution in [1.29, 1.82) is 0 Å². The van der Waals surface area contributed by atoms with Crippen LogP contribution in [0.4, 0.5) is 10.2 Å². The highest BCUT2D eigenvalue weighted by Crippen LogP contribution is 2.37. The summed E-state index contributed by atoms with van der Waals surface area (Å²) in [6, 6.07) is 13.3. The minimum absolute atomic E-state index is 0.263. The third-order valence-corrected chi connectivity index (χ3v) is 8.24. The number of anilines is 1. The van der Waals surface area contributed by atoms with Crippen molar-refractivity contribution in [2.24, 2.45) is 0 Å². The fourth-order valence-corrected chi connectivity index (χ4v) is 6.26. The molecule has 2 aromatic carbocycles. The Morgan fingerprint density at radius 3 is 2.64 bits per heavy atom. The SMILES string of the molecule is CN1CCC[C@H]1COc1nc(N2CC3CCC(C2)N3)c2ccc(-c3c[nH]c4ccccc34)c(F)c2n1. The van der Waals surface area contributed by atoms with Crippen LogP contribution in [0.15, 0.2) is 42.6 Å². The number of piperazine rings is 1. The molecule has 5 heterocycles. The van der Waals surface area contributed by atoms with Gasteiger partial charge in [-0.15, -0.1) is 0 Å². The van der Waals surface area contributed by atoms with Gasteiger partial charge in [-0.3, -0.25) is 0 Å². The second kappa shape index (κ2) is 8.71. The second-order valence-electron chi connectivity index (χ2n) is 10.5.